The third-order valence-corrected chi connectivity index (χ3v) is 1.67. The standard InChI is InChI=1S/C9H14F3N5O/c1-3-13-6-15-7(14-5-9(10,11)12)17-8(16-6)18-4-2/h3-5H2,1-2H3,(H2,13,14,15,16,17). The highest BCUT2D eigenvalue weighted by molar-refractivity contribution is 5.35. The Morgan fingerprint density at radius 1 is 1.06 bits per heavy atom. The fourth-order valence-electron chi connectivity index (χ4n) is 1.05. The van der Waals surface area contributed by atoms with Gasteiger partial charge in [-0.3, -0.25) is 0 Å². The summed E-state index contributed by atoms with van der Waals surface area (Å²) in [6, 6.07) is -0.0203. The van der Waals surface area contributed by atoms with Gasteiger partial charge in [-0.05, 0) is 13.8 Å². The fraction of sp³-hybridized carbons (Fsp3) is 0.667. The summed E-state index contributed by atoms with van der Waals surface area (Å²) in [6.07, 6.45) is -4.34. The molecule has 18 heavy (non-hydrogen) atoms. The van der Waals surface area contributed by atoms with Gasteiger partial charge in [0.05, 0.1) is 6.61 Å². The van der Waals surface area contributed by atoms with E-state index in [0.717, 1.165) is 0 Å². The van der Waals surface area contributed by atoms with Gasteiger partial charge in [-0.15, -0.1) is 0 Å². The zero-order valence-corrected chi connectivity index (χ0v) is 10.0. The van der Waals surface area contributed by atoms with Gasteiger partial charge in [0, 0.05) is 6.54 Å². The minimum atomic E-state index is -4.34. The van der Waals surface area contributed by atoms with Crippen molar-refractivity contribution in [1.82, 2.24) is 15.0 Å². The van der Waals surface area contributed by atoms with Gasteiger partial charge in [-0.1, -0.05) is 0 Å². The van der Waals surface area contributed by atoms with E-state index in [0.29, 0.717) is 13.2 Å². The zero-order valence-electron chi connectivity index (χ0n) is 10.0. The Morgan fingerprint density at radius 2 is 1.67 bits per heavy atom. The Hall–Kier alpha value is -1.80. The summed E-state index contributed by atoms with van der Waals surface area (Å²) in [5.41, 5.74) is 0. The van der Waals surface area contributed by atoms with Crippen molar-refractivity contribution in [3.63, 3.8) is 0 Å². The smallest absolute Gasteiger partial charge is 0.405 e. The van der Waals surface area contributed by atoms with Gasteiger partial charge >= 0.3 is 12.2 Å². The number of nitrogens with one attached hydrogen (secondary N) is 2. The lowest BCUT2D eigenvalue weighted by Gasteiger charge is -2.10. The van der Waals surface area contributed by atoms with Crippen molar-refractivity contribution < 1.29 is 17.9 Å². The van der Waals surface area contributed by atoms with E-state index in [9.17, 15) is 13.2 Å². The summed E-state index contributed by atoms with van der Waals surface area (Å²) in [6.45, 7) is 3.17. The second-order valence-corrected chi connectivity index (χ2v) is 3.20. The number of hydrogen-bond acceptors (Lipinski definition) is 6. The largest absolute Gasteiger partial charge is 0.464 e. The topological polar surface area (TPSA) is 72.0 Å². The second-order valence-electron chi connectivity index (χ2n) is 3.20. The Labute approximate surface area is 102 Å². The van der Waals surface area contributed by atoms with Gasteiger partial charge in [0.1, 0.15) is 6.54 Å². The molecule has 102 valence electrons. The van der Waals surface area contributed by atoms with E-state index in [1.54, 1.807) is 6.92 Å². The van der Waals surface area contributed by atoms with Gasteiger partial charge in [0.2, 0.25) is 11.9 Å². The molecular formula is C9H14F3N5O. The average molecular weight is 265 g/mol. The maximum absolute atomic E-state index is 12.1. The first-order chi connectivity index (χ1) is 8.44. The Kier molecular flexibility index (Phi) is 4.93. The van der Waals surface area contributed by atoms with Crippen LogP contribution in [0, 0.1) is 0 Å². The van der Waals surface area contributed by atoms with Crippen LogP contribution >= 0.6 is 0 Å². The normalized spacial score (nSPS) is 11.2. The lowest BCUT2D eigenvalue weighted by molar-refractivity contribution is -0.115. The molecule has 0 aliphatic rings. The number of hydrogen-bond donors (Lipinski definition) is 2. The SMILES string of the molecule is CCNc1nc(NCC(F)(F)F)nc(OCC)n1. The highest BCUT2D eigenvalue weighted by Crippen LogP contribution is 2.16. The van der Waals surface area contributed by atoms with Crippen molar-refractivity contribution in [2.75, 3.05) is 30.3 Å². The molecule has 0 saturated heterocycles. The van der Waals surface area contributed by atoms with E-state index in [2.05, 4.69) is 25.6 Å². The summed E-state index contributed by atoms with van der Waals surface area (Å²) < 4.78 is 41.2. The highest BCUT2D eigenvalue weighted by Gasteiger charge is 2.27. The lowest BCUT2D eigenvalue weighted by Crippen LogP contribution is -2.23. The predicted molar refractivity (Wildman–Crippen MR) is 59.7 cm³/mol. The first-order valence-corrected chi connectivity index (χ1v) is 5.38. The first-order valence-electron chi connectivity index (χ1n) is 5.38. The lowest BCUT2D eigenvalue weighted by atomic mass is 10.6. The van der Waals surface area contributed by atoms with Crippen LogP contribution < -0.4 is 15.4 Å². The number of rotatable bonds is 6. The van der Waals surface area contributed by atoms with Crippen LogP contribution in [0.15, 0.2) is 0 Å². The van der Waals surface area contributed by atoms with Gasteiger partial charge in [0.15, 0.2) is 0 Å². The van der Waals surface area contributed by atoms with Crippen molar-refractivity contribution >= 4 is 11.9 Å². The average Bonchev–Trinajstić information content (AvgIpc) is 2.26. The summed E-state index contributed by atoms with van der Waals surface area (Å²) in [5, 5.41) is 4.86. The van der Waals surface area contributed by atoms with Crippen molar-refractivity contribution in [1.29, 1.82) is 0 Å². The van der Waals surface area contributed by atoms with Crippen molar-refractivity contribution in [3.8, 4) is 6.01 Å². The molecule has 0 aliphatic heterocycles. The third kappa shape index (κ3) is 5.02. The van der Waals surface area contributed by atoms with Crippen molar-refractivity contribution in [3.05, 3.63) is 0 Å². The fourth-order valence-corrected chi connectivity index (χ4v) is 1.05. The molecule has 1 aromatic heterocycles. The van der Waals surface area contributed by atoms with E-state index < -0.39 is 12.7 Å². The molecule has 1 rings (SSSR count). The van der Waals surface area contributed by atoms with Gasteiger partial charge in [-0.25, -0.2) is 0 Å². The minimum absolute atomic E-state index is 0.0203. The Morgan fingerprint density at radius 3 is 2.17 bits per heavy atom. The molecule has 0 aromatic carbocycles. The van der Waals surface area contributed by atoms with Crippen LogP contribution in [0.1, 0.15) is 13.8 Å². The third-order valence-electron chi connectivity index (χ3n) is 1.67. The summed E-state index contributed by atoms with van der Waals surface area (Å²) in [4.78, 5) is 11.4. The molecule has 1 heterocycles. The predicted octanol–water partition coefficient (Wildman–Crippen LogP) is 1.68. The number of ether oxygens (including phenoxy) is 1. The molecule has 0 aliphatic carbocycles. The monoisotopic (exact) mass is 265 g/mol. The molecule has 0 amide bonds. The summed E-state index contributed by atoms with van der Waals surface area (Å²) in [7, 11) is 0. The number of nitrogens with zero attached hydrogens (tertiary/aromatic N) is 3. The van der Waals surface area contributed by atoms with Crippen LogP contribution in [0.25, 0.3) is 0 Å². The molecular weight excluding hydrogens is 251 g/mol. The quantitative estimate of drug-likeness (QED) is 0.815. The molecule has 0 unspecified atom stereocenters. The Balaban J connectivity index is 2.81. The summed E-state index contributed by atoms with van der Waals surface area (Å²) in [5.74, 6) is -0.0117. The molecule has 0 bridgehead atoms. The Bertz CT molecular complexity index is 361. The molecule has 0 spiro atoms. The minimum Gasteiger partial charge on any atom is -0.464 e. The molecule has 1 aromatic rings. The van der Waals surface area contributed by atoms with Crippen LogP contribution in [0.2, 0.25) is 0 Å². The van der Waals surface area contributed by atoms with Crippen LogP contribution in [0.5, 0.6) is 6.01 Å². The number of alkyl halides is 3. The van der Waals surface area contributed by atoms with Crippen molar-refractivity contribution in [2.24, 2.45) is 0 Å². The van der Waals surface area contributed by atoms with Gasteiger partial charge < -0.3 is 15.4 Å². The van der Waals surface area contributed by atoms with Gasteiger partial charge in [-0.2, -0.15) is 28.1 Å². The molecule has 9 heteroatoms. The van der Waals surface area contributed by atoms with Crippen molar-refractivity contribution in [2.45, 2.75) is 20.0 Å². The van der Waals surface area contributed by atoms with Crippen LogP contribution in [0.3, 0.4) is 0 Å². The van der Waals surface area contributed by atoms with E-state index in [4.69, 9.17) is 4.74 Å². The van der Waals surface area contributed by atoms with Crippen LogP contribution in [-0.4, -0.2) is 40.8 Å². The molecule has 0 radical (unpaired) electrons. The number of aromatic nitrogens is 3. The molecule has 6 nitrogen and oxygen atoms in total. The maximum Gasteiger partial charge on any atom is 0.405 e. The highest BCUT2D eigenvalue weighted by atomic mass is 19.4. The van der Waals surface area contributed by atoms with Crippen LogP contribution in [0.4, 0.5) is 25.1 Å². The molecule has 2 N–H and O–H groups in total. The number of halogens is 3. The molecule has 0 atom stereocenters. The van der Waals surface area contributed by atoms with E-state index >= 15 is 0 Å². The second kappa shape index (κ2) is 6.22. The molecule has 0 fully saturated rings. The first kappa shape index (κ1) is 14.3. The maximum atomic E-state index is 12.1. The van der Waals surface area contributed by atoms with E-state index in [1.807, 2.05) is 6.92 Å². The molecule has 0 saturated carbocycles. The zero-order chi connectivity index (χ0) is 13.6. The van der Waals surface area contributed by atoms with E-state index in [1.165, 1.54) is 0 Å². The summed E-state index contributed by atoms with van der Waals surface area (Å²) >= 11 is 0. The number of anilines is 2. The van der Waals surface area contributed by atoms with Crippen LogP contribution in [-0.2, 0) is 0 Å². The van der Waals surface area contributed by atoms with Gasteiger partial charge in [0.25, 0.3) is 0 Å². The van der Waals surface area contributed by atoms with E-state index in [-0.39, 0.29) is 17.9 Å².